The minimum absolute atomic E-state index is 0.0866. The SMILES string of the molecule is CC(C)[C@@H](C)C=C[C@H](C)[C@H]1CC[C@@H]2[C@H]3CC=C4C[C@@H](O)CC[C@]4(C)[C@@H]3CC[C@@]21C. The largest absolute Gasteiger partial charge is 0.393 e. The molecule has 0 amide bonds. The zero-order valence-corrected chi connectivity index (χ0v) is 20.0. The van der Waals surface area contributed by atoms with Crippen molar-refractivity contribution in [2.45, 2.75) is 99.0 Å². The quantitative estimate of drug-likeness (QED) is 0.489. The molecule has 4 aliphatic rings. The maximum atomic E-state index is 10.2. The van der Waals surface area contributed by atoms with Crippen molar-refractivity contribution >= 4 is 0 Å². The first-order valence-corrected chi connectivity index (χ1v) is 12.7. The zero-order chi connectivity index (χ0) is 21.0. The third-order valence-corrected chi connectivity index (χ3v) is 10.6. The van der Waals surface area contributed by atoms with Crippen LogP contribution in [0.4, 0.5) is 0 Å². The van der Waals surface area contributed by atoms with Gasteiger partial charge in [-0.1, -0.05) is 65.3 Å². The van der Waals surface area contributed by atoms with Gasteiger partial charge in [0.25, 0.3) is 0 Å². The second kappa shape index (κ2) is 7.85. The molecular weight excluding hydrogens is 352 g/mol. The van der Waals surface area contributed by atoms with E-state index >= 15 is 0 Å². The highest BCUT2D eigenvalue weighted by Crippen LogP contribution is 2.67. The number of rotatable bonds is 4. The molecule has 4 rings (SSSR count). The van der Waals surface area contributed by atoms with Gasteiger partial charge in [-0.15, -0.1) is 0 Å². The van der Waals surface area contributed by atoms with Crippen molar-refractivity contribution in [3.63, 3.8) is 0 Å². The Labute approximate surface area is 180 Å². The summed E-state index contributed by atoms with van der Waals surface area (Å²) in [5.74, 6) is 5.63. The number of aliphatic hydroxyl groups excluding tert-OH is 1. The highest BCUT2D eigenvalue weighted by atomic mass is 16.3. The van der Waals surface area contributed by atoms with E-state index in [9.17, 15) is 5.11 Å². The lowest BCUT2D eigenvalue weighted by molar-refractivity contribution is -0.0540. The van der Waals surface area contributed by atoms with Crippen LogP contribution in [0, 0.1) is 52.3 Å². The van der Waals surface area contributed by atoms with Gasteiger partial charge in [0, 0.05) is 0 Å². The van der Waals surface area contributed by atoms with Crippen LogP contribution in [0.5, 0.6) is 0 Å². The standard InChI is InChI=1S/C28H46O/c1-18(2)19(3)7-8-20(4)24-11-12-25-23-10-9-21-17-22(29)13-15-27(21,5)26(23)14-16-28(24,25)6/h7-9,18-20,22-26,29H,10-17H2,1-6H3/t19-,20-,22-,23+,24+,25+,26+,27-,28+/m0/s1. The van der Waals surface area contributed by atoms with Crippen molar-refractivity contribution in [1.82, 2.24) is 0 Å². The summed E-state index contributed by atoms with van der Waals surface area (Å²) in [6.45, 7) is 14.7. The third-order valence-electron chi connectivity index (χ3n) is 10.6. The molecule has 164 valence electrons. The Balaban J connectivity index is 1.53. The first-order valence-electron chi connectivity index (χ1n) is 12.7. The van der Waals surface area contributed by atoms with Crippen LogP contribution in [-0.2, 0) is 0 Å². The fourth-order valence-corrected chi connectivity index (χ4v) is 8.25. The molecular formula is C28H46O. The van der Waals surface area contributed by atoms with E-state index in [1.54, 1.807) is 5.57 Å². The van der Waals surface area contributed by atoms with Gasteiger partial charge in [0.1, 0.15) is 0 Å². The van der Waals surface area contributed by atoms with E-state index in [0.717, 1.165) is 42.4 Å². The van der Waals surface area contributed by atoms with E-state index in [2.05, 4.69) is 59.8 Å². The Morgan fingerprint density at radius 3 is 2.45 bits per heavy atom. The molecule has 29 heavy (non-hydrogen) atoms. The summed E-state index contributed by atoms with van der Waals surface area (Å²) in [5.41, 5.74) is 2.51. The van der Waals surface area contributed by atoms with Gasteiger partial charge in [-0.25, -0.2) is 0 Å². The monoisotopic (exact) mass is 398 g/mol. The molecule has 0 spiro atoms. The number of aliphatic hydroxyl groups is 1. The maximum Gasteiger partial charge on any atom is 0.0577 e. The van der Waals surface area contributed by atoms with Crippen LogP contribution >= 0.6 is 0 Å². The van der Waals surface area contributed by atoms with Gasteiger partial charge < -0.3 is 5.11 Å². The van der Waals surface area contributed by atoms with E-state index in [1.807, 2.05) is 0 Å². The Morgan fingerprint density at radius 2 is 1.72 bits per heavy atom. The first-order chi connectivity index (χ1) is 13.7. The molecule has 0 unspecified atom stereocenters. The summed E-state index contributed by atoms with van der Waals surface area (Å²) < 4.78 is 0. The van der Waals surface area contributed by atoms with Crippen molar-refractivity contribution < 1.29 is 5.11 Å². The second-order valence-corrected chi connectivity index (χ2v) is 12.2. The van der Waals surface area contributed by atoms with Crippen molar-refractivity contribution in [1.29, 1.82) is 0 Å². The lowest BCUT2D eigenvalue weighted by Gasteiger charge is -2.58. The van der Waals surface area contributed by atoms with Crippen LogP contribution in [0.15, 0.2) is 23.8 Å². The molecule has 1 N–H and O–H groups in total. The predicted molar refractivity (Wildman–Crippen MR) is 124 cm³/mol. The van der Waals surface area contributed by atoms with Gasteiger partial charge in [-0.2, -0.15) is 0 Å². The molecule has 1 nitrogen and oxygen atoms in total. The average Bonchev–Trinajstić information content (AvgIpc) is 3.03. The van der Waals surface area contributed by atoms with Gasteiger partial charge in [-0.05, 0) is 104 Å². The fraction of sp³-hybridized carbons (Fsp3) is 0.857. The number of allylic oxidation sites excluding steroid dienone is 3. The topological polar surface area (TPSA) is 20.2 Å². The molecule has 0 saturated heterocycles. The second-order valence-electron chi connectivity index (χ2n) is 12.2. The molecule has 0 aromatic heterocycles. The van der Waals surface area contributed by atoms with Gasteiger partial charge in [0.15, 0.2) is 0 Å². The number of fused-ring (bicyclic) bond motifs is 5. The summed E-state index contributed by atoms with van der Waals surface area (Å²) in [6.07, 6.45) is 17.7. The highest BCUT2D eigenvalue weighted by Gasteiger charge is 2.58. The summed E-state index contributed by atoms with van der Waals surface area (Å²) in [6, 6.07) is 0. The van der Waals surface area contributed by atoms with E-state index in [-0.39, 0.29) is 6.10 Å². The zero-order valence-electron chi connectivity index (χ0n) is 20.0. The molecule has 3 fully saturated rings. The van der Waals surface area contributed by atoms with Gasteiger partial charge in [-0.3, -0.25) is 0 Å². The smallest absolute Gasteiger partial charge is 0.0577 e. The Kier molecular flexibility index (Phi) is 5.86. The third kappa shape index (κ3) is 3.58. The van der Waals surface area contributed by atoms with Crippen molar-refractivity contribution in [2.75, 3.05) is 0 Å². The fourth-order valence-electron chi connectivity index (χ4n) is 8.25. The van der Waals surface area contributed by atoms with Crippen LogP contribution in [0.25, 0.3) is 0 Å². The Morgan fingerprint density at radius 1 is 0.966 bits per heavy atom. The predicted octanol–water partition coefficient (Wildman–Crippen LogP) is 7.41. The molecule has 3 saturated carbocycles. The summed E-state index contributed by atoms with van der Waals surface area (Å²) >= 11 is 0. The molecule has 0 heterocycles. The Bertz CT molecular complexity index is 659. The highest BCUT2D eigenvalue weighted by molar-refractivity contribution is 5.25. The molecule has 4 aliphatic carbocycles. The Hall–Kier alpha value is -0.560. The van der Waals surface area contributed by atoms with Crippen LogP contribution < -0.4 is 0 Å². The summed E-state index contributed by atoms with van der Waals surface area (Å²) in [7, 11) is 0. The van der Waals surface area contributed by atoms with Crippen molar-refractivity contribution in [2.24, 2.45) is 52.3 Å². The number of hydrogen-bond donors (Lipinski definition) is 1. The maximum absolute atomic E-state index is 10.2. The molecule has 0 aromatic carbocycles. The van der Waals surface area contributed by atoms with E-state index < -0.39 is 0 Å². The van der Waals surface area contributed by atoms with Crippen LogP contribution in [0.1, 0.15) is 92.9 Å². The molecule has 0 aromatic rings. The van der Waals surface area contributed by atoms with Gasteiger partial charge in [0.2, 0.25) is 0 Å². The van der Waals surface area contributed by atoms with Crippen LogP contribution in [-0.4, -0.2) is 11.2 Å². The van der Waals surface area contributed by atoms with E-state index in [0.29, 0.717) is 22.7 Å². The first kappa shape index (κ1) is 21.7. The minimum Gasteiger partial charge on any atom is -0.393 e. The minimum atomic E-state index is -0.0866. The normalized spacial score (nSPS) is 46.8. The van der Waals surface area contributed by atoms with Gasteiger partial charge >= 0.3 is 0 Å². The summed E-state index contributed by atoms with van der Waals surface area (Å²) in [5, 5.41) is 10.2. The van der Waals surface area contributed by atoms with Crippen LogP contribution in [0.3, 0.4) is 0 Å². The van der Waals surface area contributed by atoms with Crippen molar-refractivity contribution in [3.8, 4) is 0 Å². The van der Waals surface area contributed by atoms with E-state index in [1.165, 1.54) is 38.5 Å². The van der Waals surface area contributed by atoms with Crippen LogP contribution in [0.2, 0.25) is 0 Å². The molecule has 0 bridgehead atoms. The van der Waals surface area contributed by atoms with Gasteiger partial charge in [0.05, 0.1) is 6.10 Å². The lowest BCUT2D eigenvalue weighted by Crippen LogP contribution is -2.50. The molecule has 1 heteroatoms. The van der Waals surface area contributed by atoms with Crippen molar-refractivity contribution in [3.05, 3.63) is 23.8 Å². The molecule has 9 atom stereocenters. The van der Waals surface area contributed by atoms with E-state index in [4.69, 9.17) is 0 Å². The molecule has 0 radical (unpaired) electrons. The summed E-state index contributed by atoms with van der Waals surface area (Å²) in [4.78, 5) is 0. The number of hydrogen-bond acceptors (Lipinski definition) is 1. The molecule has 0 aliphatic heterocycles. The average molecular weight is 399 g/mol. The lowest BCUT2D eigenvalue weighted by atomic mass is 9.47.